The molecule has 2 aromatic rings. The van der Waals surface area contributed by atoms with E-state index >= 15 is 0 Å². The Bertz CT molecular complexity index is 645. The van der Waals surface area contributed by atoms with Gasteiger partial charge in [-0.25, -0.2) is 9.78 Å². The quantitative estimate of drug-likeness (QED) is 0.745. The lowest BCUT2D eigenvalue weighted by Gasteiger charge is -2.25. The van der Waals surface area contributed by atoms with Crippen molar-refractivity contribution in [3.8, 4) is 0 Å². The van der Waals surface area contributed by atoms with Crippen LogP contribution in [-0.2, 0) is 12.1 Å². The van der Waals surface area contributed by atoms with Gasteiger partial charge in [-0.15, -0.1) is 0 Å². The van der Waals surface area contributed by atoms with E-state index in [1.807, 2.05) is 6.92 Å². The highest BCUT2D eigenvalue weighted by molar-refractivity contribution is 6.31. The molecule has 124 valence electrons. The third-order valence-electron chi connectivity index (χ3n) is 3.35. The minimum absolute atomic E-state index is 0.0403. The van der Waals surface area contributed by atoms with Crippen LogP contribution >= 0.6 is 11.6 Å². The van der Waals surface area contributed by atoms with E-state index in [9.17, 15) is 9.90 Å². The first-order valence-corrected chi connectivity index (χ1v) is 7.60. The van der Waals surface area contributed by atoms with Gasteiger partial charge in [-0.1, -0.05) is 29.8 Å². The minimum Gasteiger partial charge on any atom is -0.384 e. The molecule has 0 saturated carbocycles. The van der Waals surface area contributed by atoms with Gasteiger partial charge in [0, 0.05) is 16.6 Å². The summed E-state index contributed by atoms with van der Waals surface area (Å²) < 4.78 is 1.63. The van der Waals surface area contributed by atoms with Crippen LogP contribution in [0.25, 0.3) is 0 Å². The highest BCUT2D eigenvalue weighted by atomic mass is 35.5. The van der Waals surface area contributed by atoms with Crippen molar-refractivity contribution in [3.63, 3.8) is 0 Å². The maximum Gasteiger partial charge on any atom is 0.315 e. The van der Waals surface area contributed by atoms with Crippen LogP contribution in [0.2, 0.25) is 5.02 Å². The first-order chi connectivity index (χ1) is 10.9. The fourth-order valence-electron chi connectivity index (χ4n) is 2.17. The molecule has 0 aliphatic heterocycles. The zero-order valence-electron chi connectivity index (χ0n) is 13.0. The van der Waals surface area contributed by atoms with E-state index in [2.05, 4.69) is 20.7 Å². The Hall–Kier alpha value is -2.12. The molecule has 1 aromatic carbocycles. The van der Waals surface area contributed by atoms with Crippen LogP contribution in [0.5, 0.6) is 0 Å². The summed E-state index contributed by atoms with van der Waals surface area (Å²) in [7, 11) is 0. The number of nitrogens with one attached hydrogen (secondary N) is 2. The molecule has 0 radical (unpaired) electrons. The van der Waals surface area contributed by atoms with E-state index in [1.165, 1.54) is 6.33 Å². The number of nitrogens with zero attached hydrogens (tertiary/aromatic N) is 3. The number of aliphatic hydroxyl groups is 1. The average Bonchev–Trinajstić information content (AvgIpc) is 2.98. The van der Waals surface area contributed by atoms with Gasteiger partial charge in [-0.2, -0.15) is 5.10 Å². The summed E-state index contributed by atoms with van der Waals surface area (Å²) in [6, 6.07) is 6.50. The lowest BCUT2D eigenvalue weighted by atomic mass is 9.96. The number of carbonyl (C=O) groups excluding carboxylic acids is 1. The van der Waals surface area contributed by atoms with Crippen molar-refractivity contribution in [3.05, 3.63) is 47.5 Å². The number of hydrogen-bond donors (Lipinski definition) is 3. The molecule has 2 atom stereocenters. The summed E-state index contributed by atoms with van der Waals surface area (Å²) in [4.78, 5) is 15.8. The number of carbonyl (C=O) groups is 1. The van der Waals surface area contributed by atoms with Gasteiger partial charge in [0.15, 0.2) is 0 Å². The van der Waals surface area contributed by atoms with Gasteiger partial charge < -0.3 is 15.7 Å². The highest BCUT2D eigenvalue weighted by Gasteiger charge is 2.26. The molecule has 1 heterocycles. The monoisotopic (exact) mass is 337 g/mol. The molecule has 3 N–H and O–H groups in total. The lowest BCUT2D eigenvalue weighted by molar-refractivity contribution is 0.0593. The molecule has 0 aliphatic rings. The first-order valence-electron chi connectivity index (χ1n) is 7.22. The summed E-state index contributed by atoms with van der Waals surface area (Å²) in [5.74, 6) is 0. The molecular formula is C15H20ClN5O2. The Kier molecular flexibility index (Phi) is 5.57. The van der Waals surface area contributed by atoms with Gasteiger partial charge in [0.2, 0.25) is 0 Å². The predicted octanol–water partition coefficient (Wildman–Crippen LogP) is 1.53. The zero-order valence-corrected chi connectivity index (χ0v) is 13.8. The molecule has 0 aliphatic carbocycles. The Balaban J connectivity index is 1.85. The second-order valence-electron chi connectivity index (χ2n) is 5.60. The molecule has 0 spiro atoms. The first kappa shape index (κ1) is 17.2. The maximum absolute atomic E-state index is 11.9. The standard InChI is InChI=1S/C15H20ClN5O2/c1-11(7-21-10-17-9-19-21)20-14(22)18-8-15(2,23)12-5-3-4-6-13(12)16/h3-6,9-11,23H,7-8H2,1-2H3,(H2,18,20,22)/t11-,15-/m1/s1. The number of rotatable bonds is 6. The van der Waals surface area contributed by atoms with Crippen LogP contribution < -0.4 is 10.6 Å². The summed E-state index contributed by atoms with van der Waals surface area (Å²) in [5, 5.41) is 20.4. The van der Waals surface area contributed by atoms with Crippen molar-refractivity contribution >= 4 is 17.6 Å². The van der Waals surface area contributed by atoms with Gasteiger partial charge in [-0.3, -0.25) is 4.68 Å². The molecule has 0 bridgehead atoms. The average molecular weight is 338 g/mol. The smallest absolute Gasteiger partial charge is 0.315 e. The number of hydrogen-bond acceptors (Lipinski definition) is 4. The van der Waals surface area contributed by atoms with Crippen LogP contribution in [-0.4, -0.2) is 38.5 Å². The largest absolute Gasteiger partial charge is 0.384 e. The van der Waals surface area contributed by atoms with Crippen molar-refractivity contribution in [2.45, 2.75) is 32.0 Å². The second-order valence-corrected chi connectivity index (χ2v) is 6.01. The van der Waals surface area contributed by atoms with Crippen LogP contribution in [0.3, 0.4) is 0 Å². The Labute approximate surface area is 139 Å². The molecule has 8 heteroatoms. The Morgan fingerprint density at radius 1 is 1.48 bits per heavy atom. The fraction of sp³-hybridized carbons (Fsp3) is 0.400. The van der Waals surface area contributed by atoms with Gasteiger partial charge in [0.25, 0.3) is 0 Å². The highest BCUT2D eigenvalue weighted by Crippen LogP contribution is 2.27. The zero-order chi connectivity index (χ0) is 16.9. The van der Waals surface area contributed by atoms with E-state index in [1.54, 1.807) is 42.2 Å². The third-order valence-corrected chi connectivity index (χ3v) is 3.68. The van der Waals surface area contributed by atoms with E-state index in [4.69, 9.17) is 11.6 Å². The molecule has 7 nitrogen and oxygen atoms in total. The second kappa shape index (κ2) is 7.43. The van der Waals surface area contributed by atoms with Gasteiger partial charge in [0.1, 0.15) is 18.3 Å². The number of aromatic nitrogens is 3. The Morgan fingerprint density at radius 3 is 2.87 bits per heavy atom. The number of urea groups is 1. The number of halogens is 1. The van der Waals surface area contributed by atoms with E-state index < -0.39 is 5.60 Å². The van der Waals surface area contributed by atoms with Crippen LogP contribution in [0, 0.1) is 0 Å². The van der Waals surface area contributed by atoms with Gasteiger partial charge in [-0.05, 0) is 19.9 Å². The lowest BCUT2D eigenvalue weighted by Crippen LogP contribution is -2.47. The van der Waals surface area contributed by atoms with Crippen molar-refractivity contribution in [2.24, 2.45) is 0 Å². The summed E-state index contributed by atoms with van der Waals surface area (Å²) in [6.07, 6.45) is 3.02. The molecule has 2 amide bonds. The fourth-order valence-corrected chi connectivity index (χ4v) is 2.51. The maximum atomic E-state index is 11.9. The molecular weight excluding hydrogens is 318 g/mol. The third kappa shape index (κ3) is 4.94. The molecule has 0 fully saturated rings. The number of amides is 2. The minimum atomic E-state index is -1.26. The van der Waals surface area contributed by atoms with Gasteiger partial charge in [0.05, 0.1) is 13.1 Å². The summed E-state index contributed by atoms with van der Waals surface area (Å²) in [6.45, 7) is 4.01. The van der Waals surface area contributed by atoms with Crippen molar-refractivity contribution < 1.29 is 9.90 Å². The molecule has 0 saturated heterocycles. The van der Waals surface area contributed by atoms with Crippen LogP contribution in [0.1, 0.15) is 19.4 Å². The normalized spacial score (nSPS) is 14.8. The SMILES string of the molecule is C[C@H](Cn1cncn1)NC(=O)NC[C@@](C)(O)c1ccccc1Cl. The van der Waals surface area contributed by atoms with Crippen molar-refractivity contribution in [1.29, 1.82) is 0 Å². The molecule has 0 unspecified atom stereocenters. The van der Waals surface area contributed by atoms with Crippen LogP contribution in [0.4, 0.5) is 4.79 Å². The van der Waals surface area contributed by atoms with E-state index in [-0.39, 0.29) is 18.6 Å². The van der Waals surface area contributed by atoms with E-state index in [0.29, 0.717) is 17.1 Å². The van der Waals surface area contributed by atoms with Crippen molar-refractivity contribution in [1.82, 2.24) is 25.4 Å². The summed E-state index contributed by atoms with van der Waals surface area (Å²) >= 11 is 6.08. The topological polar surface area (TPSA) is 92.1 Å². The predicted molar refractivity (Wildman–Crippen MR) is 87.0 cm³/mol. The molecule has 23 heavy (non-hydrogen) atoms. The number of benzene rings is 1. The Morgan fingerprint density at radius 2 is 2.22 bits per heavy atom. The molecule has 1 aromatic heterocycles. The van der Waals surface area contributed by atoms with E-state index in [0.717, 1.165) is 0 Å². The molecule has 2 rings (SSSR count). The van der Waals surface area contributed by atoms with Crippen molar-refractivity contribution in [2.75, 3.05) is 6.54 Å². The summed E-state index contributed by atoms with van der Waals surface area (Å²) in [5.41, 5.74) is -0.692. The van der Waals surface area contributed by atoms with Crippen LogP contribution in [0.15, 0.2) is 36.9 Å². The van der Waals surface area contributed by atoms with Gasteiger partial charge >= 0.3 is 6.03 Å².